The minimum atomic E-state index is 0.423. The van der Waals surface area contributed by atoms with Crippen molar-refractivity contribution in [2.24, 2.45) is 0 Å². The van der Waals surface area contributed by atoms with Gasteiger partial charge in [-0.15, -0.1) is 0 Å². The fourth-order valence-corrected chi connectivity index (χ4v) is 3.97. The lowest BCUT2D eigenvalue weighted by molar-refractivity contribution is 0.124. The molecule has 4 rings (SSSR count). The summed E-state index contributed by atoms with van der Waals surface area (Å²) >= 11 is 0. The van der Waals surface area contributed by atoms with Gasteiger partial charge in [-0.3, -0.25) is 4.90 Å². The summed E-state index contributed by atoms with van der Waals surface area (Å²) in [5.41, 5.74) is 0.824. The normalized spacial score (nSPS) is 20.4. The van der Waals surface area contributed by atoms with Crippen LogP contribution in [-0.2, 0) is 4.74 Å². The lowest BCUT2D eigenvalue weighted by atomic mass is 10.0. The van der Waals surface area contributed by atoms with Crippen LogP contribution in [0.25, 0.3) is 0 Å². The van der Waals surface area contributed by atoms with Gasteiger partial charge < -0.3 is 24.8 Å². The number of hydrogen-bond acceptors (Lipinski definition) is 8. The number of hydrogen-bond donors (Lipinski definition) is 2. The highest BCUT2D eigenvalue weighted by Gasteiger charge is 2.27. The maximum atomic E-state index is 5.53. The van der Waals surface area contributed by atoms with Crippen LogP contribution in [0, 0.1) is 0 Å². The van der Waals surface area contributed by atoms with E-state index in [1.807, 2.05) is 24.3 Å². The molecule has 156 valence electrons. The molecule has 2 fully saturated rings. The Morgan fingerprint density at radius 3 is 2.59 bits per heavy atom. The molecule has 1 aromatic carbocycles. The van der Waals surface area contributed by atoms with Crippen molar-refractivity contribution in [3.63, 3.8) is 0 Å². The highest BCUT2D eigenvalue weighted by atomic mass is 16.5. The van der Waals surface area contributed by atoms with Gasteiger partial charge in [0, 0.05) is 43.9 Å². The standard InChI is InChI=1S/C21H29N5O3/c1-27-17-3-4-18(19(11-17)28-2)25-21-12-20(22-14-23-21)24-15-5-8-26(9-6-15)16-7-10-29-13-16/h3-4,11-12,14-16H,5-10,13H2,1-2H3,(H2,22,23,24,25). The van der Waals surface area contributed by atoms with Gasteiger partial charge in [-0.1, -0.05) is 0 Å². The van der Waals surface area contributed by atoms with Crippen LogP contribution in [0.15, 0.2) is 30.6 Å². The van der Waals surface area contributed by atoms with Crippen LogP contribution in [0.1, 0.15) is 19.3 Å². The first kappa shape index (κ1) is 19.7. The molecule has 8 heteroatoms. The average molecular weight is 399 g/mol. The van der Waals surface area contributed by atoms with Crippen molar-refractivity contribution < 1.29 is 14.2 Å². The van der Waals surface area contributed by atoms with Gasteiger partial charge in [-0.05, 0) is 31.4 Å². The number of ether oxygens (including phenoxy) is 3. The summed E-state index contributed by atoms with van der Waals surface area (Å²) in [6, 6.07) is 8.59. The van der Waals surface area contributed by atoms with Crippen molar-refractivity contribution in [3.8, 4) is 11.5 Å². The molecule has 0 radical (unpaired) electrons. The summed E-state index contributed by atoms with van der Waals surface area (Å²) in [5, 5.41) is 6.87. The van der Waals surface area contributed by atoms with E-state index in [0.29, 0.717) is 23.7 Å². The molecule has 2 N–H and O–H groups in total. The second-order valence-corrected chi connectivity index (χ2v) is 7.45. The van der Waals surface area contributed by atoms with Crippen LogP contribution in [-0.4, -0.2) is 67.5 Å². The first-order chi connectivity index (χ1) is 14.2. The average Bonchev–Trinajstić information content (AvgIpc) is 3.30. The predicted molar refractivity (Wildman–Crippen MR) is 112 cm³/mol. The molecule has 3 heterocycles. The Kier molecular flexibility index (Phi) is 6.31. The Balaban J connectivity index is 1.36. The fourth-order valence-electron chi connectivity index (χ4n) is 3.97. The molecular formula is C21H29N5O3. The molecule has 0 bridgehead atoms. The van der Waals surface area contributed by atoms with E-state index >= 15 is 0 Å². The summed E-state index contributed by atoms with van der Waals surface area (Å²) in [7, 11) is 3.27. The largest absolute Gasteiger partial charge is 0.497 e. The zero-order chi connectivity index (χ0) is 20.1. The van der Waals surface area contributed by atoms with E-state index < -0.39 is 0 Å². The number of methoxy groups -OCH3 is 2. The van der Waals surface area contributed by atoms with Gasteiger partial charge in [-0.25, -0.2) is 9.97 Å². The molecule has 1 aromatic heterocycles. The van der Waals surface area contributed by atoms with E-state index in [1.165, 1.54) is 0 Å². The minimum Gasteiger partial charge on any atom is -0.497 e. The molecule has 2 saturated heterocycles. The highest BCUT2D eigenvalue weighted by molar-refractivity contribution is 5.66. The third-order valence-corrected chi connectivity index (χ3v) is 5.64. The first-order valence-corrected chi connectivity index (χ1v) is 10.1. The van der Waals surface area contributed by atoms with Crippen LogP contribution in [0.2, 0.25) is 0 Å². The second-order valence-electron chi connectivity index (χ2n) is 7.45. The number of benzene rings is 1. The summed E-state index contributed by atoms with van der Waals surface area (Å²) in [4.78, 5) is 11.3. The molecule has 0 amide bonds. The van der Waals surface area contributed by atoms with Gasteiger partial charge in [0.25, 0.3) is 0 Å². The lowest BCUT2D eigenvalue weighted by Gasteiger charge is -2.35. The lowest BCUT2D eigenvalue weighted by Crippen LogP contribution is -2.44. The Labute approximate surface area is 171 Å². The second kappa shape index (κ2) is 9.28. The van der Waals surface area contributed by atoms with Crippen molar-refractivity contribution in [2.75, 3.05) is 51.2 Å². The molecule has 1 atom stereocenters. The van der Waals surface area contributed by atoms with Crippen molar-refractivity contribution in [1.82, 2.24) is 14.9 Å². The molecule has 2 aliphatic rings. The zero-order valence-electron chi connectivity index (χ0n) is 17.1. The van der Waals surface area contributed by atoms with Gasteiger partial charge in [0.2, 0.25) is 0 Å². The molecule has 8 nitrogen and oxygen atoms in total. The van der Waals surface area contributed by atoms with E-state index in [9.17, 15) is 0 Å². The van der Waals surface area contributed by atoms with E-state index in [2.05, 4.69) is 25.5 Å². The number of likely N-dealkylation sites (tertiary alicyclic amines) is 1. The smallest absolute Gasteiger partial charge is 0.146 e. The van der Waals surface area contributed by atoms with Gasteiger partial charge in [-0.2, -0.15) is 0 Å². The number of piperidine rings is 1. The summed E-state index contributed by atoms with van der Waals surface area (Å²) in [6.07, 6.45) is 4.95. The zero-order valence-corrected chi connectivity index (χ0v) is 17.1. The number of nitrogens with one attached hydrogen (secondary N) is 2. The van der Waals surface area contributed by atoms with Gasteiger partial charge in [0.1, 0.15) is 29.5 Å². The molecular weight excluding hydrogens is 370 g/mol. The van der Waals surface area contributed by atoms with Crippen LogP contribution in [0.5, 0.6) is 11.5 Å². The predicted octanol–water partition coefficient (Wildman–Crippen LogP) is 2.90. The summed E-state index contributed by atoms with van der Waals surface area (Å²) in [5.74, 6) is 2.98. The van der Waals surface area contributed by atoms with Gasteiger partial charge in [0.05, 0.1) is 26.5 Å². The SMILES string of the molecule is COc1ccc(Nc2cc(NC3CCN(C4CCOC4)CC3)ncn2)c(OC)c1. The van der Waals surface area contributed by atoms with Crippen LogP contribution < -0.4 is 20.1 Å². The maximum Gasteiger partial charge on any atom is 0.146 e. The maximum absolute atomic E-state index is 5.53. The third kappa shape index (κ3) is 4.89. The van der Waals surface area contributed by atoms with E-state index in [-0.39, 0.29) is 0 Å². The Morgan fingerprint density at radius 1 is 1.03 bits per heavy atom. The quantitative estimate of drug-likeness (QED) is 0.736. The monoisotopic (exact) mass is 399 g/mol. The van der Waals surface area contributed by atoms with Crippen molar-refractivity contribution in [2.45, 2.75) is 31.3 Å². The molecule has 0 saturated carbocycles. The van der Waals surface area contributed by atoms with E-state index in [4.69, 9.17) is 14.2 Å². The first-order valence-electron chi connectivity index (χ1n) is 10.1. The van der Waals surface area contributed by atoms with Gasteiger partial charge in [0.15, 0.2) is 0 Å². The van der Waals surface area contributed by atoms with Crippen LogP contribution >= 0.6 is 0 Å². The van der Waals surface area contributed by atoms with E-state index in [1.54, 1.807) is 20.5 Å². The Hall–Kier alpha value is -2.58. The van der Waals surface area contributed by atoms with Crippen molar-refractivity contribution in [1.29, 1.82) is 0 Å². The Morgan fingerprint density at radius 2 is 1.86 bits per heavy atom. The van der Waals surface area contributed by atoms with Crippen LogP contribution in [0.4, 0.5) is 17.3 Å². The van der Waals surface area contributed by atoms with Crippen LogP contribution in [0.3, 0.4) is 0 Å². The molecule has 2 aliphatic heterocycles. The molecule has 1 unspecified atom stereocenters. The number of nitrogens with zero attached hydrogens (tertiary/aromatic N) is 3. The van der Waals surface area contributed by atoms with Crippen molar-refractivity contribution >= 4 is 17.3 Å². The van der Waals surface area contributed by atoms with Gasteiger partial charge >= 0.3 is 0 Å². The number of rotatable bonds is 7. The van der Waals surface area contributed by atoms with Crippen molar-refractivity contribution in [3.05, 3.63) is 30.6 Å². The third-order valence-electron chi connectivity index (χ3n) is 5.64. The number of aromatic nitrogens is 2. The minimum absolute atomic E-state index is 0.423. The molecule has 2 aromatic rings. The highest BCUT2D eigenvalue weighted by Crippen LogP contribution is 2.31. The summed E-state index contributed by atoms with van der Waals surface area (Å²) < 4.78 is 16.2. The topological polar surface area (TPSA) is 80.8 Å². The van der Waals surface area contributed by atoms with E-state index in [0.717, 1.165) is 62.8 Å². The molecule has 29 heavy (non-hydrogen) atoms. The molecule has 0 spiro atoms. The number of anilines is 3. The summed E-state index contributed by atoms with van der Waals surface area (Å²) in [6.45, 7) is 3.99. The molecule has 0 aliphatic carbocycles. The Bertz CT molecular complexity index is 805. The fraction of sp³-hybridized carbons (Fsp3) is 0.524.